The summed E-state index contributed by atoms with van der Waals surface area (Å²) in [5.74, 6) is 1.14. The number of piperidine rings is 1. The van der Waals surface area contributed by atoms with Crippen molar-refractivity contribution in [3.8, 4) is 34.1 Å². The van der Waals surface area contributed by atoms with Crippen LogP contribution in [0.2, 0.25) is 0 Å². The molecule has 1 aliphatic heterocycles. The first-order valence-corrected chi connectivity index (χ1v) is 12.3. The zero-order chi connectivity index (χ0) is 24.2. The number of ether oxygens (including phenoxy) is 1. The predicted octanol–water partition coefficient (Wildman–Crippen LogP) is 6.08. The van der Waals surface area contributed by atoms with Crippen LogP contribution in [0.3, 0.4) is 0 Å². The van der Waals surface area contributed by atoms with E-state index < -0.39 is 0 Å². The normalized spacial score (nSPS) is 14.3. The Bertz CT molecular complexity index is 1310. The molecule has 0 spiro atoms. The maximum absolute atomic E-state index is 10.5. The van der Waals surface area contributed by atoms with Crippen molar-refractivity contribution in [3.05, 3.63) is 83.9 Å². The first-order chi connectivity index (χ1) is 17.1. The van der Waals surface area contributed by atoms with Crippen LogP contribution in [0.4, 0.5) is 0 Å². The summed E-state index contributed by atoms with van der Waals surface area (Å²) in [5.41, 5.74) is 3.71. The third-order valence-electron chi connectivity index (χ3n) is 6.82. The second-order valence-electron chi connectivity index (χ2n) is 9.27. The summed E-state index contributed by atoms with van der Waals surface area (Å²) in [7, 11) is 0. The van der Waals surface area contributed by atoms with E-state index in [1.165, 1.54) is 38.4 Å². The van der Waals surface area contributed by atoms with Gasteiger partial charge in [0, 0.05) is 18.2 Å². The zero-order valence-electron chi connectivity index (χ0n) is 19.8. The number of phenols is 3. The Labute approximate surface area is 205 Å². The molecule has 0 saturated carbocycles. The lowest BCUT2D eigenvalue weighted by Gasteiger charge is -2.26. The Hall–Kier alpha value is -3.70. The Morgan fingerprint density at radius 2 is 1.43 bits per heavy atom. The molecular formula is C30H31NO4. The lowest BCUT2D eigenvalue weighted by molar-refractivity contribution is 0.183. The standard InChI is InChI=1S/C30H31NO4/c32-23-7-12-26-22(19-23)6-11-27(28-13-8-24(33)20-30(28)34)29(26)18-21-4-9-25(10-5-21)35-17-16-31-14-2-1-3-15-31/h4-13,19-20,32-34H,1-3,14-18H2. The van der Waals surface area contributed by atoms with Crippen LogP contribution in [0.1, 0.15) is 30.4 Å². The summed E-state index contributed by atoms with van der Waals surface area (Å²) in [6, 6.07) is 22.1. The third-order valence-corrected chi connectivity index (χ3v) is 6.82. The van der Waals surface area contributed by atoms with Crippen LogP contribution in [0.15, 0.2) is 72.8 Å². The van der Waals surface area contributed by atoms with Gasteiger partial charge in [-0.3, -0.25) is 4.90 Å². The van der Waals surface area contributed by atoms with Gasteiger partial charge in [0.2, 0.25) is 0 Å². The lowest BCUT2D eigenvalue weighted by atomic mass is 9.89. The van der Waals surface area contributed by atoms with Crippen molar-refractivity contribution in [2.45, 2.75) is 25.7 Å². The third kappa shape index (κ3) is 5.36. The topological polar surface area (TPSA) is 73.2 Å². The van der Waals surface area contributed by atoms with Crippen molar-refractivity contribution in [2.75, 3.05) is 26.2 Å². The second-order valence-corrected chi connectivity index (χ2v) is 9.27. The van der Waals surface area contributed by atoms with E-state index in [4.69, 9.17) is 4.74 Å². The van der Waals surface area contributed by atoms with Crippen molar-refractivity contribution >= 4 is 10.8 Å². The van der Waals surface area contributed by atoms with Gasteiger partial charge in [-0.05, 0) is 96.2 Å². The fourth-order valence-corrected chi connectivity index (χ4v) is 4.96. The lowest BCUT2D eigenvalue weighted by Crippen LogP contribution is -2.33. The highest BCUT2D eigenvalue weighted by Gasteiger charge is 2.15. The summed E-state index contributed by atoms with van der Waals surface area (Å²) < 4.78 is 5.99. The van der Waals surface area contributed by atoms with Crippen LogP contribution in [-0.2, 0) is 6.42 Å². The van der Waals surface area contributed by atoms with Gasteiger partial charge >= 0.3 is 0 Å². The van der Waals surface area contributed by atoms with Crippen molar-refractivity contribution in [2.24, 2.45) is 0 Å². The van der Waals surface area contributed by atoms with E-state index in [2.05, 4.69) is 17.0 Å². The highest BCUT2D eigenvalue weighted by Crippen LogP contribution is 2.38. The Kier molecular flexibility index (Phi) is 6.77. The van der Waals surface area contributed by atoms with Gasteiger partial charge in [-0.1, -0.05) is 36.8 Å². The van der Waals surface area contributed by atoms with E-state index >= 15 is 0 Å². The van der Waals surface area contributed by atoms with Gasteiger partial charge in [-0.2, -0.15) is 0 Å². The van der Waals surface area contributed by atoms with E-state index in [1.54, 1.807) is 24.3 Å². The van der Waals surface area contributed by atoms with Gasteiger partial charge in [0.05, 0.1) is 0 Å². The number of hydrogen-bond acceptors (Lipinski definition) is 5. The SMILES string of the molecule is Oc1ccc(-c2ccc3cc(O)ccc3c2Cc2ccc(OCCN3CCCCC3)cc2)c(O)c1. The highest BCUT2D eigenvalue weighted by atomic mass is 16.5. The molecule has 4 aromatic rings. The first-order valence-electron chi connectivity index (χ1n) is 12.3. The van der Waals surface area contributed by atoms with Crippen LogP contribution < -0.4 is 4.74 Å². The number of likely N-dealkylation sites (tertiary alicyclic amines) is 1. The smallest absolute Gasteiger partial charge is 0.127 e. The summed E-state index contributed by atoms with van der Waals surface area (Å²) in [6.45, 7) is 3.99. The molecule has 1 aliphatic rings. The van der Waals surface area contributed by atoms with E-state index in [1.807, 2.05) is 30.3 Å². The van der Waals surface area contributed by atoms with Crippen molar-refractivity contribution in [1.82, 2.24) is 4.90 Å². The van der Waals surface area contributed by atoms with Crippen LogP contribution >= 0.6 is 0 Å². The predicted molar refractivity (Wildman–Crippen MR) is 139 cm³/mol. The summed E-state index contributed by atoms with van der Waals surface area (Å²) in [6.07, 6.45) is 4.55. The molecule has 5 rings (SSSR count). The van der Waals surface area contributed by atoms with Gasteiger partial charge in [-0.15, -0.1) is 0 Å². The minimum Gasteiger partial charge on any atom is -0.508 e. The molecule has 0 bridgehead atoms. The molecule has 4 aromatic carbocycles. The fraction of sp³-hybridized carbons (Fsp3) is 0.267. The quantitative estimate of drug-likeness (QED) is 0.306. The molecule has 0 radical (unpaired) electrons. The zero-order valence-corrected chi connectivity index (χ0v) is 19.8. The fourth-order valence-electron chi connectivity index (χ4n) is 4.96. The van der Waals surface area contributed by atoms with Crippen LogP contribution in [0, 0.1) is 0 Å². The minimum atomic E-state index is 0.0226. The number of rotatable bonds is 7. The van der Waals surface area contributed by atoms with E-state index in [9.17, 15) is 15.3 Å². The molecule has 5 heteroatoms. The van der Waals surface area contributed by atoms with E-state index in [0.717, 1.165) is 39.8 Å². The Morgan fingerprint density at radius 3 is 2.20 bits per heavy atom. The minimum absolute atomic E-state index is 0.0226. The molecular weight excluding hydrogens is 438 g/mol. The maximum atomic E-state index is 10.5. The molecule has 0 aliphatic carbocycles. The van der Waals surface area contributed by atoms with Crippen molar-refractivity contribution in [3.63, 3.8) is 0 Å². The van der Waals surface area contributed by atoms with Gasteiger partial charge in [0.1, 0.15) is 29.6 Å². The van der Waals surface area contributed by atoms with Crippen LogP contribution in [-0.4, -0.2) is 46.5 Å². The molecule has 5 nitrogen and oxygen atoms in total. The van der Waals surface area contributed by atoms with Gasteiger partial charge in [0.15, 0.2) is 0 Å². The number of aromatic hydroxyl groups is 3. The molecule has 1 saturated heterocycles. The molecule has 0 atom stereocenters. The number of fused-ring (bicyclic) bond motifs is 1. The number of hydrogen-bond donors (Lipinski definition) is 3. The Balaban J connectivity index is 1.39. The van der Waals surface area contributed by atoms with Crippen LogP contribution in [0.5, 0.6) is 23.0 Å². The molecule has 1 fully saturated rings. The van der Waals surface area contributed by atoms with Crippen molar-refractivity contribution < 1.29 is 20.1 Å². The largest absolute Gasteiger partial charge is 0.508 e. The monoisotopic (exact) mass is 469 g/mol. The number of benzene rings is 4. The average Bonchev–Trinajstić information content (AvgIpc) is 2.86. The van der Waals surface area contributed by atoms with Gasteiger partial charge in [-0.25, -0.2) is 0 Å². The number of nitrogens with zero attached hydrogens (tertiary/aromatic N) is 1. The summed E-state index contributed by atoms with van der Waals surface area (Å²) in [4.78, 5) is 2.47. The molecule has 0 unspecified atom stereocenters. The highest BCUT2D eigenvalue weighted by molar-refractivity contribution is 5.94. The van der Waals surface area contributed by atoms with Gasteiger partial charge < -0.3 is 20.1 Å². The van der Waals surface area contributed by atoms with Gasteiger partial charge in [0.25, 0.3) is 0 Å². The number of phenolic OH excluding ortho intramolecular Hbond substituents is 3. The van der Waals surface area contributed by atoms with E-state index in [-0.39, 0.29) is 17.2 Å². The molecule has 0 amide bonds. The summed E-state index contributed by atoms with van der Waals surface area (Å²) >= 11 is 0. The molecule has 1 heterocycles. The molecule has 3 N–H and O–H groups in total. The maximum Gasteiger partial charge on any atom is 0.127 e. The van der Waals surface area contributed by atoms with E-state index in [0.29, 0.717) is 18.6 Å². The summed E-state index contributed by atoms with van der Waals surface area (Å²) in [5, 5.41) is 32.2. The second kappa shape index (κ2) is 10.3. The first kappa shape index (κ1) is 23.1. The molecule has 0 aromatic heterocycles. The van der Waals surface area contributed by atoms with Crippen molar-refractivity contribution in [1.29, 1.82) is 0 Å². The molecule has 180 valence electrons. The average molecular weight is 470 g/mol. The van der Waals surface area contributed by atoms with Crippen LogP contribution in [0.25, 0.3) is 21.9 Å². The molecule has 35 heavy (non-hydrogen) atoms. The Morgan fingerprint density at radius 1 is 0.714 bits per heavy atom.